The highest BCUT2D eigenvalue weighted by Gasteiger charge is 2.44. The van der Waals surface area contributed by atoms with Crippen LogP contribution in [-0.2, 0) is 9.59 Å². The Bertz CT molecular complexity index is 691. The summed E-state index contributed by atoms with van der Waals surface area (Å²) in [6.45, 7) is 7.78. The number of ether oxygens (including phenoxy) is 1. The molecule has 6 heteroatoms. The van der Waals surface area contributed by atoms with E-state index in [1.165, 1.54) is 6.42 Å². The van der Waals surface area contributed by atoms with Crippen molar-refractivity contribution in [3.05, 3.63) is 29.8 Å². The number of methoxy groups -OCH3 is 1. The molecule has 0 spiro atoms. The Morgan fingerprint density at radius 1 is 1.24 bits per heavy atom. The SMILES string of the molecule is CCCCN1C(=O)CC(C(=O)NCC2CCCN2CC)C1c1ccc(OC)cc1. The second-order valence-corrected chi connectivity index (χ2v) is 8.14. The first-order valence-corrected chi connectivity index (χ1v) is 11.0. The van der Waals surface area contributed by atoms with Crippen LogP contribution < -0.4 is 10.1 Å². The van der Waals surface area contributed by atoms with Gasteiger partial charge < -0.3 is 15.0 Å². The zero-order valence-electron chi connectivity index (χ0n) is 18.0. The van der Waals surface area contributed by atoms with Gasteiger partial charge >= 0.3 is 0 Å². The molecule has 2 aliphatic heterocycles. The minimum Gasteiger partial charge on any atom is -0.497 e. The Morgan fingerprint density at radius 2 is 2.00 bits per heavy atom. The maximum atomic E-state index is 13.1. The topological polar surface area (TPSA) is 61.9 Å². The average molecular weight is 402 g/mol. The van der Waals surface area contributed by atoms with E-state index in [4.69, 9.17) is 4.74 Å². The van der Waals surface area contributed by atoms with Gasteiger partial charge in [0.05, 0.1) is 19.1 Å². The van der Waals surface area contributed by atoms with Crippen LogP contribution in [0.5, 0.6) is 5.75 Å². The lowest BCUT2D eigenvalue weighted by Gasteiger charge is -2.29. The van der Waals surface area contributed by atoms with Crippen LogP contribution >= 0.6 is 0 Å². The molecule has 29 heavy (non-hydrogen) atoms. The molecule has 2 aliphatic rings. The van der Waals surface area contributed by atoms with E-state index >= 15 is 0 Å². The zero-order chi connectivity index (χ0) is 20.8. The van der Waals surface area contributed by atoms with Crippen LogP contribution in [0.25, 0.3) is 0 Å². The Balaban J connectivity index is 1.74. The van der Waals surface area contributed by atoms with E-state index in [-0.39, 0.29) is 30.2 Å². The molecular formula is C23H35N3O3. The third-order valence-electron chi connectivity index (χ3n) is 6.40. The Labute approximate surface area is 174 Å². The van der Waals surface area contributed by atoms with Crippen molar-refractivity contribution in [2.75, 3.05) is 33.3 Å². The lowest BCUT2D eigenvalue weighted by molar-refractivity contribution is -0.129. The third kappa shape index (κ3) is 4.92. The smallest absolute Gasteiger partial charge is 0.226 e. The fourth-order valence-electron chi connectivity index (χ4n) is 4.72. The van der Waals surface area contributed by atoms with Gasteiger partial charge in [0, 0.05) is 25.6 Å². The van der Waals surface area contributed by atoms with E-state index < -0.39 is 0 Å². The number of hydrogen-bond donors (Lipinski definition) is 1. The first kappa shape index (κ1) is 21.6. The number of carbonyl (C=O) groups excluding carboxylic acids is 2. The molecule has 3 rings (SSSR count). The molecule has 0 radical (unpaired) electrons. The molecule has 1 N–H and O–H groups in total. The molecule has 0 aromatic heterocycles. The lowest BCUT2D eigenvalue weighted by atomic mass is 9.92. The monoisotopic (exact) mass is 401 g/mol. The number of rotatable bonds is 9. The first-order valence-electron chi connectivity index (χ1n) is 11.0. The minimum absolute atomic E-state index is 0.00104. The van der Waals surface area contributed by atoms with Crippen molar-refractivity contribution in [1.29, 1.82) is 0 Å². The van der Waals surface area contributed by atoms with E-state index in [2.05, 4.69) is 24.1 Å². The number of amides is 2. The summed E-state index contributed by atoms with van der Waals surface area (Å²) in [5.74, 6) is 0.515. The van der Waals surface area contributed by atoms with Gasteiger partial charge in [0.15, 0.2) is 0 Å². The van der Waals surface area contributed by atoms with E-state index in [1.54, 1.807) is 7.11 Å². The second kappa shape index (κ2) is 10.1. The van der Waals surface area contributed by atoms with Gasteiger partial charge in [-0.3, -0.25) is 14.5 Å². The molecule has 2 amide bonds. The quantitative estimate of drug-likeness (QED) is 0.691. The molecule has 3 atom stereocenters. The number of carbonyl (C=O) groups is 2. The van der Waals surface area contributed by atoms with E-state index in [0.29, 0.717) is 19.1 Å². The van der Waals surface area contributed by atoms with Gasteiger partial charge in [-0.25, -0.2) is 0 Å². The van der Waals surface area contributed by atoms with Crippen molar-refractivity contribution in [2.45, 2.75) is 58.0 Å². The number of unbranched alkanes of at least 4 members (excludes halogenated alkanes) is 1. The van der Waals surface area contributed by atoms with Crippen LogP contribution in [0.3, 0.4) is 0 Å². The fraction of sp³-hybridized carbons (Fsp3) is 0.652. The van der Waals surface area contributed by atoms with E-state index in [9.17, 15) is 9.59 Å². The van der Waals surface area contributed by atoms with Crippen molar-refractivity contribution < 1.29 is 14.3 Å². The largest absolute Gasteiger partial charge is 0.497 e. The van der Waals surface area contributed by atoms with Gasteiger partial charge in [0.2, 0.25) is 11.8 Å². The number of nitrogens with zero attached hydrogens (tertiary/aromatic N) is 2. The maximum Gasteiger partial charge on any atom is 0.226 e. The van der Waals surface area contributed by atoms with Crippen molar-refractivity contribution in [3.8, 4) is 5.75 Å². The summed E-state index contributed by atoms with van der Waals surface area (Å²) in [6.07, 6.45) is 4.57. The lowest BCUT2D eigenvalue weighted by Crippen LogP contribution is -2.43. The molecule has 160 valence electrons. The third-order valence-corrected chi connectivity index (χ3v) is 6.40. The summed E-state index contributed by atoms with van der Waals surface area (Å²) < 4.78 is 5.27. The molecule has 0 saturated carbocycles. The summed E-state index contributed by atoms with van der Waals surface area (Å²) in [4.78, 5) is 30.2. The van der Waals surface area contributed by atoms with Gasteiger partial charge in [0.1, 0.15) is 5.75 Å². The van der Waals surface area contributed by atoms with Crippen molar-refractivity contribution in [3.63, 3.8) is 0 Å². The minimum atomic E-state index is -0.343. The Kier molecular flexibility index (Phi) is 7.53. The van der Waals surface area contributed by atoms with E-state index in [0.717, 1.165) is 43.7 Å². The van der Waals surface area contributed by atoms with Crippen LogP contribution in [-0.4, -0.2) is 60.9 Å². The highest BCUT2D eigenvalue weighted by Crippen LogP contribution is 2.39. The van der Waals surface area contributed by atoms with Gasteiger partial charge in [-0.05, 0) is 50.0 Å². The Hall–Kier alpha value is -2.08. The molecule has 0 aliphatic carbocycles. The summed E-state index contributed by atoms with van der Waals surface area (Å²) in [7, 11) is 1.64. The van der Waals surface area contributed by atoms with Crippen LogP contribution in [0.4, 0.5) is 0 Å². The molecule has 2 fully saturated rings. The van der Waals surface area contributed by atoms with Crippen LogP contribution in [0, 0.1) is 5.92 Å². The predicted octanol–water partition coefficient (Wildman–Crippen LogP) is 2.99. The predicted molar refractivity (Wildman–Crippen MR) is 114 cm³/mol. The highest BCUT2D eigenvalue weighted by atomic mass is 16.5. The summed E-state index contributed by atoms with van der Waals surface area (Å²) in [5, 5.41) is 3.17. The molecule has 1 aromatic carbocycles. The van der Waals surface area contributed by atoms with Crippen molar-refractivity contribution >= 4 is 11.8 Å². The van der Waals surface area contributed by atoms with Crippen LogP contribution in [0.1, 0.15) is 57.6 Å². The van der Waals surface area contributed by atoms with Gasteiger partial charge in [0.25, 0.3) is 0 Å². The molecule has 6 nitrogen and oxygen atoms in total. The van der Waals surface area contributed by atoms with Gasteiger partial charge in [-0.15, -0.1) is 0 Å². The molecule has 0 bridgehead atoms. The fourth-order valence-corrected chi connectivity index (χ4v) is 4.72. The average Bonchev–Trinajstić information content (AvgIpc) is 3.34. The maximum absolute atomic E-state index is 13.1. The number of nitrogens with one attached hydrogen (secondary N) is 1. The number of likely N-dealkylation sites (N-methyl/N-ethyl adjacent to an activating group) is 1. The Morgan fingerprint density at radius 3 is 2.66 bits per heavy atom. The molecule has 3 unspecified atom stereocenters. The van der Waals surface area contributed by atoms with Crippen molar-refractivity contribution in [2.24, 2.45) is 5.92 Å². The normalized spacial score (nSPS) is 24.9. The highest BCUT2D eigenvalue weighted by molar-refractivity contribution is 5.90. The molecule has 2 heterocycles. The van der Waals surface area contributed by atoms with Crippen molar-refractivity contribution in [1.82, 2.24) is 15.1 Å². The summed E-state index contributed by atoms with van der Waals surface area (Å²) in [6, 6.07) is 7.99. The molecule has 2 saturated heterocycles. The number of benzene rings is 1. The number of hydrogen-bond acceptors (Lipinski definition) is 4. The van der Waals surface area contributed by atoms with Gasteiger partial charge in [-0.1, -0.05) is 32.4 Å². The summed E-state index contributed by atoms with van der Waals surface area (Å²) in [5.41, 5.74) is 1.00. The van der Waals surface area contributed by atoms with Gasteiger partial charge in [-0.2, -0.15) is 0 Å². The van der Waals surface area contributed by atoms with Crippen LogP contribution in [0.2, 0.25) is 0 Å². The van der Waals surface area contributed by atoms with E-state index in [1.807, 2.05) is 29.2 Å². The number of likely N-dealkylation sites (tertiary alicyclic amines) is 2. The first-order chi connectivity index (χ1) is 14.1. The van der Waals surface area contributed by atoms with Crippen LogP contribution in [0.15, 0.2) is 24.3 Å². The molecule has 1 aromatic rings. The second-order valence-electron chi connectivity index (χ2n) is 8.14. The summed E-state index contributed by atoms with van der Waals surface area (Å²) >= 11 is 0. The standard InChI is InChI=1S/C23H35N3O3/c1-4-6-14-26-21(27)15-20(22(26)17-9-11-19(29-3)12-10-17)23(28)24-16-18-8-7-13-25(18)5-2/h9-12,18,20,22H,4-8,13-16H2,1-3H3,(H,24,28). The molecular weight excluding hydrogens is 366 g/mol. The zero-order valence-corrected chi connectivity index (χ0v) is 18.0.